The molecule has 3 rings (SSSR count). The van der Waals surface area contributed by atoms with Crippen molar-refractivity contribution in [3.05, 3.63) is 65.7 Å². The quantitative estimate of drug-likeness (QED) is 0.218. The molecule has 0 saturated carbocycles. The summed E-state index contributed by atoms with van der Waals surface area (Å²) >= 11 is 0. The normalized spacial score (nSPS) is 17.0. The lowest BCUT2D eigenvalue weighted by molar-refractivity contribution is -0.152. The smallest absolute Gasteiger partial charge is 0.246 e. The summed E-state index contributed by atoms with van der Waals surface area (Å²) in [5.74, 6) is -1.95. The Bertz CT molecular complexity index is 1300. The summed E-state index contributed by atoms with van der Waals surface area (Å²) < 4.78 is 0. The maximum Gasteiger partial charge on any atom is 0.246 e. The van der Waals surface area contributed by atoms with E-state index in [0.717, 1.165) is 11.1 Å². The van der Waals surface area contributed by atoms with Gasteiger partial charge in [0.2, 0.25) is 29.5 Å². The van der Waals surface area contributed by atoms with E-state index in [4.69, 9.17) is 5.73 Å². The Morgan fingerprint density at radius 2 is 1.55 bits per heavy atom. The van der Waals surface area contributed by atoms with Gasteiger partial charge in [-0.2, -0.15) is 0 Å². The van der Waals surface area contributed by atoms with Gasteiger partial charge in [-0.25, -0.2) is 0 Å². The Labute approximate surface area is 258 Å². The zero-order valence-electron chi connectivity index (χ0n) is 25.8. The van der Waals surface area contributed by atoms with Gasteiger partial charge in [0.05, 0.1) is 12.6 Å². The summed E-state index contributed by atoms with van der Waals surface area (Å²) in [5, 5.41) is 17.2. The lowest BCUT2D eigenvalue weighted by Gasteiger charge is -2.41. The third-order valence-corrected chi connectivity index (χ3v) is 7.51. The predicted octanol–water partition coefficient (Wildman–Crippen LogP) is 0.326. The lowest BCUT2D eigenvalue weighted by Crippen LogP contribution is -2.62. The van der Waals surface area contributed by atoms with Crippen molar-refractivity contribution < 1.29 is 29.1 Å². The molecule has 1 unspecified atom stereocenters. The second kappa shape index (κ2) is 15.9. The van der Waals surface area contributed by atoms with Crippen molar-refractivity contribution in [2.75, 3.05) is 26.7 Å². The number of hydrogen-bond donors (Lipinski definition) is 5. The van der Waals surface area contributed by atoms with E-state index in [1.807, 2.05) is 44.2 Å². The van der Waals surface area contributed by atoms with Crippen LogP contribution >= 0.6 is 0 Å². The van der Waals surface area contributed by atoms with E-state index in [9.17, 15) is 29.1 Å². The SMILES string of the molecule is CC(C)CC1C(=O)N(C)CCN1C(=O)[C@H](Cc1ccccc1)NC(=O)CNC(=O)[C@@H](C)NC(=O)[C@@H](N)Cc1ccc(O)cc1. The zero-order valence-corrected chi connectivity index (χ0v) is 25.8. The molecular weight excluding hydrogens is 564 g/mol. The summed E-state index contributed by atoms with van der Waals surface area (Å²) in [6, 6.07) is 12.0. The van der Waals surface area contributed by atoms with E-state index in [-0.39, 0.29) is 36.3 Å². The number of likely N-dealkylation sites (N-methyl/N-ethyl adjacent to an activating group) is 1. The van der Waals surface area contributed by atoms with Crippen molar-refractivity contribution in [2.45, 2.75) is 64.2 Å². The van der Waals surface area contributed by atoms with Gasteiger partial charge in [0, 0.05) is 26.6 Å². The Kier molecular flexibility index (Phi) is 12.3. The Balaban J connectivity index is 1.60. The van der Waals surface area contributed by atoms with Gasteiger partial charge >= 0.3 is 0 Å². The molecule has 1 heterocycles. The van der Waals surface area contributed by atoms with Crippen molar-refractivity contribution in [1.29, 1.82) is 0 Å². The summed E-state index contributed by atoms with van der Waals surface area (Å²) in [6.07, 6.45) is 0.912. The first kappa shape index (κ1) is 34.0. The van der Waals surface area contributed by atoms with Crippen LogP contribution in [0, 0.1) is 5.92 Å². The predicted molar refractivity (Wildman–Crippen MR) is 165 cm³/mol. The molecule has 6 N–H and O–H groups in total. The summed E-state index contributed by atoms with van der Waals surface area (Å²) in [6.45, 7) is 5.77. The molecule has 2 aromatic carbocycles. The first-order valence-corrected chi connectivity index (χ1v) is 14.9. The van der Waals surface area contributed by atoms with Gasteiger partial charge in [-0.05, 0) is 48.9 Å². The number of rotatable bonds is 13. The van der Waals surface area contributed by atoms with Gasteiger partial charge in [-0.1, -0.05) is 56.3 Å². The number of nitrogens with zero attached hydrogens (tertiary/aromatic N) is 2. The van der Waals surface area contributed by atoms with Gasteiger partial charge in [0.1, 0.15) is 23.9 Å². The van der Waals surface area contributed by atoms with E-state index < -0.39 is 48.4 Å². The second-order valence-electron chi connectivity index (χ2n) is 11.7. The average Bonchev–Trinajstić information content (AvgIpc) is 2.99. The number of nitrogens with one attached hydrogen (secondary N) is 3. The van der Waals surface area contributed by atoms with Gasteiger partial charge in [-0.15, -0.1) is 0 Å². The molecule has 0 aliphatic carbocycles. The van der Waals surface area contributed by atoms with Crippen LogP contribution in [-0.4, -0.2) is 95.3 Å². The van der Waals surface area contributed by atoms with Crippen LogP contribution < -0.4 is 21.7 Å². The topological polar surface area (TPSA) is 174 Å². The third kappa shape index (κ3) is 9.80. The Morgan fingerprint density at radius 3 is 2.18 bits per heavy atom. The van der Waals surface area contributed by atoms with Gasteiger partial charge in [-0.3, -0.25) is 24.0 Å². The molecule has 1 aliphatic rings. The van der Waals surface area contributed by atoms with Gasteiger partial charge in [0.15, 0.2) is 0 Å². The van der Waals surface area contributed by atoms with Gasteiger partial charge in [0.25, 0.3) is 0 Å². The highest BCUT2D eigenvalue weighted by atomic mass is 16.3. The van der Waals surface area contributed by atoms with Crippen molar-refractivity contribution in [3.63, 3.8) is 0 Å². The van der Waals surface area contributed by atoms with E-state index in [2.05, 4.69) is 16.0 Å². The molecule has 0 aromatic heterocycles. The number of carbonyl (C=O) groups excluding carboxylic acids is 5. The van der Waals surface area contributed by atoms with Crippen molar-refractivity contribution in [3.8, 4) is 5.75 Å². The summed E-state index contributed by atoms with van der Waals surface area (Å²) in [5.41, 5.74) is 7.56. The maximum atomic E-state index is 13.8. The van der Waals surface area contributed by atoms with Crippen LogP contribution in [0.5, 0.6) is 5.75 Å². The lowest BCUT2D eigenvalue weighted by atomic mass is 9.97. The number of aromatic hydroxyl groups is 1. The van der Waals surface area contributed by atoms with Crippen LogP contribution in [-0.2, 0) is 36.8 Å². The number of piperazine rings is 1. The van der Waals surface area contributed by atoms with E-state index in [1.165, 1.54) is 19.1 Å². The molecule has 0 spiro atoms. The third-order valence-electron chi connectivity index (χ3n) is 7.51. The second-order valence-corrected chi connectivity index (χ2v) is 11.7. The van der Waals surface area contributed by atoms with Crippen molar-refractivity contribution in [2.24, 2.45) is 11.7 Å². The molecule has 12 heteroatoms. The molecule has 0 radical (unpaired) electrons. The fourth-order valence-electron chi connectivity index (χ4n) is 5.03. The number of phenolic OH excluding ortho intramolecular Hbond substituents is 1. The molecule has 44 heavy (non-hydrogen) atoms. The van der Waals surface area contributed by atoms with E-state index in [1.54, 1.807) is 29.0 Å². The minimum atomic E-state index is -0.976. The first-order valence-electron chi connectivity index (χ1n) is 14.9. The van der Waals surface area contributed by atoms with Crippen molar-refractivity contribution in [1.82, 2.24) is 25.8 Å². The zero-order chi connectivity index (χ0) is 32.4. The molecule has 238 valence electrons. The highest BCUT2D eigenvalue weighted by molar-refractivity contribution is 5.95. The number of hydrogen-bond acceptors (Lipinski definition) is 7. The molecule has 5 amide bonds. The molecule has 2 aromatic rings. The number of amides is 5. The molecule has 12 nitrogen and oxygen atoms in total. The molecule has 0 bridgehead atoms. The summed E-state index contributed by atoms with van der Waals surface area (Å²) in [7, 11) is 1.72. The Morgan fingerprint density at radius 1 is 0.909 bits per heavy atom. The first-order chi connectivity index (χ1) is 20.8. The largest absolute Gasteiger partial charge is 0.508 e. The van der Waals surface area contributed by atoms with Gasteiger partial charge < -0.3 is 36.6 Å². The molecular formula is C32H44N6O6. The molecule has 1 fully saturated rings. The number of phenols is 1. The fraction of sp³-hybridized carbons (Fsp3) is 0.469. The maximum absolute atomic E-state index is 13.8. The highest BCUT2D eigenvalue weighted by Crippen LogP contribution is 2.20. The standard InChI is InChI=1S/C32H44N6O6/c1-20(2)16-27-32(44)37(4)14-15-38(27)31(43)26(18-22-8-6-5-7-9-22)36-28(40)19-34-29(41)21(3)35-30(42)25(33)17-23-10-12-24(39)13-11-23/h5-13,20-21,25-27,39H,14-19,33H2,1-4H3,(H,34,41)(H,35,42)(H,36,40)/t21-,25+,26+,27?/m1/s1. The molecule has 1 saturated heterocycles. The number of benzene rings is 2. The summed E-state index contributed by atoms with van der Waals surface area (Å²) in [4.78, 5) is 68.2. The molecule has 4 atom stereocenters. The Hall–Kier alpha value is -4.45. The van der Waals surface area contributed by atoms with Crippen LogP contribution in [0.15, 0.2) is 54.6 Å². The highest BCUT2D eigenvalue weighted by Gasteiger charge is 2.39. The minimum Gasteiger partial charge on any atom is -0.508 e. The van der Waals surface area contributed by atoms with Crippen LogP contribution in [0.1, 0.15) is 38.3 Å². The van der Waals surface area contributed by atoms with Crippen LogP contribution in [0.4, 0.5) is 0 Å². The van der Waals surface area contributed by atoms with E-state index in [0.29, 0.717) is 19.5 Å². The minimum absolute atomic E-state index is 0.0987. The number of nitrogens with two attached hydrogens (primary N) is 1. The average molecular weight is 609 g/mol. The fourth-order valence-corrected chi connectivity index (χ4v) is 5.03. The van der Waals surface area contributed by atoms with E-state index >= 15 is 0 Å². The molecule has 1 aliphatic heterocycles. The monoisotopic (exact) mass is 608 g/mol. The van der Waals surface area contributed by atoms with Crippen LogP contribution in [0.3, 0.4) is 0 Å². The number of carbonyl (C=O) groups is 5. The van der Waals surface area contributed by atoms with Crippen LogP contribution in [0.2, 0.25) is 0 Å². The van der Waals surface area contributed by atoms with Crippen LogP contribution in [0.25, 0.3) is 0 Å². The van der Waals surface area contributed by atoms with Crippen molar-refractivity contribution >= 4 is 29.5 Å².